The Hall–Kier alpha value is -3.23. The molecule has 326 valence electrons. The van der Waals surface area contributed by atoms with Gasteiger partial charge in [-0.1, -0.05) is 164 Å². The molecule has 0 fully saturated rings. The van der Waals surface area contributed by atoms with E-state index in [-0.39, 0.29) is 36.2 Å². The zero-order valence-electron chi connectivity index (χ0n) is 37.0. The first kappa shape index (κ1) is 53.8. The summed E-state index contributed by atoms with van der Waals surface area (Å²) < 4.78 is 17.3. The Labute approximate surface area is 349 Å². The summed E-state index contributed by atoms with van der Waals surface area (Å²) >= 11 is 0. The van der Waals surface area contributed by atoms with E-state index in [0.717, 1.165) is 64.2 Å². The minimum Gasteiger partial charge on any atom is -0.477 e. The highest BCUT2D eigenvalue weighted by Crippen LogP contribution is 2.13. The van der Waals surface area contributed by atoms with E-state index in [9.17, 15) is 19.5 Å². The molecule has 0 spiro atoms. The third kappa shape index (κ3) is 38.1. The Balaban J connectivity index is 4.42. The molecule has 0 aromatic rings. The highest BCUT2D eigenvalue weighted by Gasteiger charge is 2.31. The number of esters is 2. The maximum atomic E-state index is 12.7. The first-order valence-electron chi connectivity index (χ1n) is 22.5. The highest BCUT2D eigenvalue weighted by atomic mass is 16.6. The number of allylic oxidation sites excluding steroid dienone is 12. The highest BCUT2D eigenvalue weighted by molar-refractivity contribution is 5.72. The molecular formula is C49H84NO7+. The lowest BCUT2D eigenvalue weighted by molar-refractivity contribution is -0.887. The molecule has 2 unspecified atom stereocenters. The number of hydrogen-bond acceptors (Lipinski definition) is 6. The lowest BCUT2D eigenvalue weighted by Gasteiger charge is -2.31. The average molecular weight is 799 g/mol. The van der Waals surface area contributed by atoms with E-state index in [1.54, 1.807) is 0 Å². The number of quaternary nitrogens is 1. The van der Waals surface area contributed by atoms with Crippen molar-refractivity contribution in [3.05, 3.63) is 72.9 Å². The van der Waals surface area contributed by atoms with Crippen molar-refractivity contribution in [3.8, 4) is 0 Å². The molecule has 0 aliphatic carbocycles. The molecule has 1 N–H and O–H groups in total. The number of carbonyl (C=O) groups is 3. The van der Waals surface area contributed by atoms with Gasteiger partial charge in [-0.05, 0) is 57.8 Å². The number of unbranched alkanes of at least 4 members (excludes halogenated alkanes) is 17. The van der Waals surface area contributed by atoms with Crippen molar-refractivity contribution in [2.24, 2.45) is 0 Å². The van der Waals surface area contributed by atoms with Crippen LogP contribution in [0, 0.1) is 0 Å². The number of nitrogens with zero attached hydrogens (tertiary/aromatic N) is 1. The van der Waals surface area contributed by atoms with Crippen LogP contribution in [0.4, 0.5) is 0 Å². The van der Waals surface area contributed by atoms with E-state index in [0.29, 0.717) is 19.3 Å². The minimum absolute atomic E-state index is 0.0457. The molecule has 8 nitrogen and oxygen atoms in total. The topological polar surface area (TPSA) is 99.1 Å². The second-order valence-corrected chi connectivity index (χ2v) is 16.1. The van der Waals surface area contributed by atoms with Gasteiger partial charge < -0.3 is 23.8 Å². The molecule has 0 heterocycles. The molecule has 0 bridgehead atoms. The molecule has 0 aliphatic rings. The summed E-state index contributed by atoms with van der Waals surface area (Å²) in [4.78, 5) is 37.0. The fourth-order valence-electron chi connectivity index (χ4n) is 6.17. The fourth-order valence-corrected chi connectivity index (χ4v) is 6.17. The van der Waals surface area contributed by atoms with E-state index in [2.05, 4.69) is 50.3 Å². The maximum absolute atomic E-state index is 12.7. The number of ether oxygens (including phenoxy) is 3. The monoisotopic (exact) mass is 799 g/mol. The van der Waals surface area contributed by atoms with Gasteiger partial charge in [0.05, 0.1) is 34.4 Å². The molecule has 0 aliphatic heterocycles. The number of carbonyl (C=O) groups excluding carboxylic acids is 2. The molecular weight excluding hydrogens is 715 g/mol. The van der Waals surface area contributed by atoms with Crippen molar-refractivity contribution >= 4 is 17.9 Å². The predicted molar refractivity (Wildman–Crippen MR) is 238 cm³/mol. The Bertz CT molecular complexity index is 1160. The molecule has 0 amide bonds. The quantitative estimate of drug-likeness (QED) is 0.0217. The summed E-state index contributed by atoms with van der Waals surface area (Å²) in [5, 5.41) is 9.62. The SMILES string of the molecule is CCC/C=C/C=C/C=C/C=C/C=C/CCCCCCCC(=O)OC(COCCC(C(=O)O)[N+](C)(C)C)COC(=O)CCCCCCCCC/C=C/CCCCCC. The van der Waals surface area contributed by atoms with Crippen molar-refractivity contribution in [1.82, 2.24) is 0 Å². The van der Waals surface area contributed by atoms with Gasteiger partial charge in [-0.2, -0.15) is 0 Å². The largest absolute Gasteiger partial charge is 0.477 e. The zero-order valence-corrected chi connectivity index (χ0v) is 37.0. The molecule has 2 atom stereocenters. The normalized spacial score (nSPS) is 13.6. The smallest absolute Gasteiger partial charge is 0.362 e. The van der Waals surface area contributed by atoms with Crippen LogP contribution in [0.3, 0.4) is 0 Å². The number of rotatable bonds is 39. The summed E-state index contributed by atoms with van der Waals surface area (Å²) in [5.74, 6) is -1.51. The summed E-state index contributed by atoms with van der Waals surface area (Å²) in [5.41, 5.74) is 0. The van der Waals surface area contributed by atoms with Crippen molar-refractivity contribution in [2.45, 2.75) is 180 Å². The van der Waals surface area contributed by atoms with Gasteiger partial charge in [0.15, 0.2) is 12.1 Å². The number of likely N-dealkylation sites (N-methyl/N-ethyl adjacent to an activating group) is 1. The van der Waals surface area contributed by atoms with Crippen molar-refractivity contribution in [3.63, 3.8) is 0 Å². The van der Waals surface area contributed by atoms with Crippen molar-refractivity contribution < 1.29 is 38.2 Å². The first-order valence-corrected chi connectivity index (χ1v) is 22.5. The lowest BCUT2D eigenvalue weighted by atomic mass is 10.1. The standard InChI is InChI=1S/C49H83NO7/c1-6-8-10-12-14-16-18-20-22-23-24-26-28-30-32-34-36-38-40-48(52)57-45(43-55-42-41-46(49(53)54)50(3,4)5)44-56-47(51)39-37-35-33-31-29-27-25-21-19-17-15-13-11-9-7-2/h10,12,14,16-20,22-24,26,45-46H,6-9,11,13,15,21,25,27-44H2,1-5H3/p+1/b12-10+,16-14+,19-17+,20-18+,23-22+,26-24+. The van der Waals surface area contributed by atoms with Crippen LogP contribution in [0.15, 0.2) is 72.9 Å². The van der Waals surface area contributed by atoms with Gasteiger partial charge in [0.25, 0.3) is 0 Å². The van der Waals surface area contributed by atoms with Crippen LogP contribution in [-0.2, 0) is 28.6 Å². The maximum Gasteiger partial charge on any atom is 0.362 e. The van der Waals surface area contributed by atoms with Crippen LogP contribution in [0.5, 0.6) is 0 Å². The molecule has 0 rings (SSSR count). The van der Waals surface area contributed by atoms with Gasteiger partial charge >= 0.3 is 17.9 Å². The third-order valence-electron chi connectivity index (χ3n) is 9.69. The molecule has 0 aromatic carbocycles. The van der Waals surface area contributed by atoms with Crippen molar-refractivity contribution in [2.75, 3.05) is 41.0 Å². The van der Waals surface area contributed by atoms with Crippen LogP contribution in [0.2, 0.25) is 0 Å². The first-order chi connectivity index (χ1) is 27.6. The second kappa shape index (κ2) is 39.6. The van der Waals surface area contributed by atoms with Crippen LogP contribution in [0.25, 0.3) is 0 Å². The Morgan fingerprint density at radius 2 is 0.982 bits per heavy atom. The predicted octanol–water partition coefficient (Wildman–Crippen LogP) is 12.4. The Kier molecular flexibility index (Phi) is 37.3. The van der Waals surface area contributed by atoms with E-state index in [4.69, 9.17) is 14.2 Å². The second-order valence-electron chi connectivity index (χ2n) is 16.1. The molecule has 0 saturated carbocycles. The molecule has 0 saturated heterocycles. The Morgan fingerprint density at radius 3 is 1.49 bits per heavy atom. The minimum atomic E-state index is -0.883. The van der Waals surface area contributed by atoms with Crippen LogP contribution >= 0.6 is 0 Å². The van der Waals surface area contributed by atoms with Gasteiger partial charge in [-0.3, -0.25) is 9.59 Å². The van der Waals surface area contributed by atoms with E-state index in [1.165, 1.54) is 70.6 Å². The molecule has 0 aromatic heterocycles. The number of carboxylic acid groups (broad SMARTS) is 1. The van der Waals surface area contributed by atoms with E-state index < -0.39 is 18.1 Å². The van der Waals surface area contributed by atoms with Gasteiger partial charge in [0.2, 0.25) is 0 Å². The fraction of sp³-hybridized carbons (Fsp3) is 0.694. The molecule has 8 heteroatoms. The van der Waals surface area contributed by atoms with Crippen molar-refractivity contribution in [1.29, 1.82) is 0 Å². The Morgan fingerprint density at radius 1 is 0.526 bits per heavy atom. The number of carboxylic acids is 1. The summed E-state index contributed by atoms with van der Waals surface area (Å²) in [6.45, 7) is 4.59. The molecule has 57 heavy (non-hydrogen) atoms. The summed E-state index contributed by atoms with van der Waals surface area (Å²) in [6, 6.07) is -0.623. The lowest BCUT2D eigenvalue weighted by Crippen LogP contribution is -2.50. The van der Waals surface area contributed by atoms with Crippen LogP contribution in [0.1, 0.15) is 168 Å². The number of hydrogen-bond donors (Lipinski definition) is 1. The summed E-state index contributed by atoms with van der Waals surface area (Å²) in [7, 11) is 5.51. The van der Waals surface area contributed by atoms with Gasteiger partial charge in [0.1, 0.15) is 6.61 Å². The van der Waals surface area contributed by atoms with Crippen LogP contribution in [-0.4, -0.2) is 80.6 Å². The third-order valence-corrected chi connectivity index (χ3v) is 9.69. The zero-order chi connectivity index (χ0) is 42.1. The van der Waals surface area contributed by atoms with Crippen LogP contribution < -0.4 is 0 Å². The van der Waals surface area contributed by atoms with Gasteiger partial charge in [-0.25, -0.2) is 4.79 Å². The number of aliphatic carboxylic acids is 1. The average Bonchev–Trinajstić information content (AvgIpc) is 3.17. The molecule has 0 radical (unpaired) electrons. The van der Waals surface area contributed by atoms with E-state index >= 15 is 0 Å². The summed E-state index contributed by atoms with van der Waals surface area (Å²) in [6.07, 6.45) is 49.3. The van der Waals surface area contributed by atoms with E-state index in [1.807, 2.05) is 57.6 Å². The van der Waals surface area contributed by atoms with Gasteiger partial charge in [-0.15, -0.1) is 0 Å². The van der Waals surface area contributed by atoms with Gasteiger partial charge in [0, 0.05) is 19.3 Å².